The van der Waals surface area contributed by atoms with Crippen molar-refractivity contribution in [3.8, 4) is 5.75 Å². The Labute approximate surface area is 178 Å². The Balaban J connectivity index is 2.14. The number of hydrogen-bond donors (Lipinski definition) is 2. The van der Waals surface area contributed by atoms with Gasteiger partial charge in [-0.2, -0.15) is 0 Å². The number of aromatic nitrogens is 1. The number of anilines is 1. The van der Waals surface area contributed by atoms with E-state index in [1.807, 2.05) is 11.4 Å². The Morgan fingerprint density at radius 3 is 2.24 bits per heavy atom. The van der Waals surface area contributed by atoms with Crippen LogP contribution in [0.25, 0.3) is 0 Å². The van der Waals surface area contributed by atoms with Crippen LogP contribution in [0.3, 0.4) is 0 Å². The number of phenols is 1. The number of rotatable bonds is 5. The van der Waals surface area contributed by atoms with Crippen molar-refractivity contribution >= 4 is 16.5 Å². The molecule has 1 unspecified atom stereocenters. The molecule has 2 aromatic carbocycles. The molecule has 0 aliphatic heterocycles. The molecular formula is C25H32N2OS. The van der Waals surface area contributed by atoms with Crippen molar-refractivity contribution in [3.63, 3.8) is 0 Å². The molecule has 4 heteroatoms. The molecule has 3 aromatic rings. The van der Waals surface area contributed by atoms with E-state index in [-0.39, 0.29) is 16.9 Å². The van der Waals surface area contributed by atoms with Crippen LogP contribution in [0.4, 0.5) is 5.13 Å². The van der Waals surface area contributed by atoms with Gasteiger partial charge in [0, 0.05) is 17.1 Å². The number of phenolic OH excluding ortho intramolecular Hbond substituents is 1. The topological polar surface area (TPSA) is 45.2 Å². The van der Waals surface area contributed by atoms with Crippen molar-refractivity contribution in [1.29, 1.82) is 0 Å². The predicted octanol–water partition coefficient (Wildman–Crippen LogP) is 6.84. The third-order valence-electron chi connectivity index (χ3n) is 5.20. The summed E-state index contributed by atoms with van der Waals surface area (Å²) in [5.41, 5.74) is 4.20. The van der Waals surface area contributed by atoms with Gasteiger partial charge in [0.2, 0.25) is 0 Å². The molecule has 0 aliphatic rings. The SMILES string of the molecule is CC(C)(C)c1cc(C(Cc2ccccc2)Nc2nccs2)c(O)c(C(C)(C)C)c1. The van der Waals surface area contributed by atoms with E-state index in [1.165, 1.54) is 11.1 Å². The maximum absolute atomic E-state index is 11.3. The Hall–Kier alpha value is -2.33. The number of nitrogens with zero attached hydrogens (tertiary/aromatic N) is 1. The summed E-state index contributed by atoms with van der Waals surface area (Å²) in [5, 5.41) is 17.7. The third kappa shape index (κ3) is 5.18. The zero-order valence-corrected chi connectivity index (χ0v) is 19.1. The summed E-state index contributed by atoms with van der Waals surface area (Å²) in [6, 6.07) is 14.7. The van der Waals surface area contributed by atoms with Crippen molar-refractivity contribution in [2.24, 2.45) is 0 Å². The molecule has 0 spiro atoms. The van der Waals surface area contributed by atoms with Crippen molar-refractivity contribution in [3.05, 3.63) is 76.3 Å². The van der Waals surface area contributed by atoms with Gasteiger partial charge in [0.05, 0.1) is 6.04 Å². The van der Waals surface area contributed by atoms with Crippen molar-refractivity contribution in [2.75, 3.05) is 5.32 Å². The smallest absolute Gasteiger partial charge is 0.183 e. The number of benzene rings is 2. The van der Waals surface area contributed by atoms with Crippen LogP contribution in [0.15, 0.2) is 54.0 Å². The highest BCUT2D eigenvalue weighted by molar-refractivity contribution is 7.13. The summed E-state index contributed by atoms with van der Waals surface area (Å²) < 4.78 is 0. The first-order valence-electron chi connectivity index (χ1n) is 10.1. The second-order valence-electron chi connectivity index (χ2n) is 9.69. The third-order valence-corrected chi connectivity index (χ3v) is 5.91. The molecule has 0 aliphatic carbocycles. The lowest BCUT2D eigenvalue weighted by Crippen LogP contribution is -2.21. The molecule has 2 N–H and O–H groups in total. The molecule has 29 heavy (non-hydrogen) atoms. The van der Waals surface area contributed by atoms with E-state index in [4.69, 9.17) is 0 Å². The standard InChI is InChI=1S/C25H32N2OS/c1-24(2,3)18-15-19(22(28)20(16-18)25(4,5)6)21(27-23-26-12-13-29-23)14-17-10-8-7-9-11-17/h7-13,15-16,21,28H,14H2,1-6H3,(H,26,27). The number of hydrogen-bond acceptors (Lipinski definition) is 4. The first-order chi connectivity index (χ1) is 13.6. The Bertz CT molecular complexity index is 935. The zero-order chi connectivity index (χ0) is 21.2. The predicted molar refractivity (Wildman–Crippen MR) is 124 cm³/mol. The minimum atomic E-state index is -0.154. The molecule has 0 radical (unpaired) electrons. The van der Waals surface area contributed by atoms with Crippen LogP contribution in [0, 0.1) is 0 Å². The maximum Gasteiger partial charge on any atom is 0.183 e. The molecular weight excluding hydrogens is 376 g/mol. The minimum absolute atomic E-state index is 0.0130. The van der Waals surface area contributed by atoms with Crippen molar-refractivity contribution in [1.82, 2.24) is 4.98 Å². The summed E-state index contributed by atoms with van der Waals surface area (Å²) in [6.07, 6.45) is 2.57. The monoisotopic (exact) mass is 408 g/mol. The van der Waals surface area contributed by atoms with Gasteiger partial charge in [0.15, 0.2) is 5.13 Å². The van der Waals surface area contributed by atoms with E-state index in [0.717, 1.165) is 22.7 Å². The highest BCUT2D eigenvalue weighted by Crippen LogP contribution is 2.41. The highest BCUT2D eigenvalue weighted by Gasteiger charge is 2.28. The summed E-state index contributed by atoms with van der Waals surface area (Å²) in [5.74, 6) is 0.385. The number of aromatic hydroxyl groups is 1. The fourth-order valence-corrected chi connectivity index (χ4v) is 4.04. The lowest BCUT2D eigenvalue weighted by molar-refractivity contribution is 0.434. The van der Waals surface area contributed by atoms with E-state index in [1.54, 1.807) is 17.5 Å². The van der Waals surface area contributed by atoms with Gasteiger partial charge in [-0.1, -0.05) is 77.9 Å². The summed E-state index contributed by atoms with van der Waals surface area (Å²) in [6.45, 7) is 13.1. The molecule has 0 saturated heterocycles. The minimum Gasteiger partial charge on any atom is -0.507 e. The van der Waals surface area contributed by atoms with Gasteiger partial charge in [-0.05, 0) is 40.0 Å². The van der Waals surface area contributed by atoms with E-state index < -0.39 is 0 Å². The quantitative estimate of drug-likeness (QED) is 0.486. The van der Waals surface area contributed by atoms with E-state index >= 15 is 0 Å². The molecule has 0 amide bonds. The van der Waals surface area contributed by atoms with Gasteiger partial charge in [0.1, 0.15) is 5.75 Å². The molecule has 1 atom stereocenters. The van der Waals surface area contributed by atoms with Gasteiger partial charge in [0.25, 0.3) is 0 Å². The highest BCUT2D eigenvalue weighted by atomic mass is 32.1. The zero-order valence-electron chi connectivity index (χ0n) is 18.3. The van der Waals surface area contributed by atoms with Crippen LogP contribution in [0.5, 0.6) is 5.75 Å². The fraction of sp³-hybridized carbons (Fsp3) is 0.400. The molecule has 154 valence electrons. The first-order valence-corrected chi connectivity index (χ1v) is 11.0. The molecule has 3 rings (SSSR count). The van der Waals surface area contributed by atoms with Crippen LogP contribution < -0.4 is 5.32 Å². The summed E-state index contributed by atoms with van der Waals surface area (Å²) in [7, 11) is 0. The van der Waals surface area contributed by atoms with Crippen LogP contribution in [-0.4, -0.2) is 10.1 Å². The normalized spacial score (nSPS) is 13.3. The van der Waals surface area contributed by atoms with Crippen LogP contribution in [0.2, 0.25) is 0 Å². The van der Waals surface area contributed by atoms with Crippen LogP contribution in [-0.2, 0) is 17.3 Å². The second-order valence-corrected chi connectivity index (χ2v) is 10.6. The molecule has 0 fully saturated rings. The van der Waals surface area contributed by atoms with Gasteiger partial charge < -0.3 is 10.4 Å². The van der Waals surface area contributed by atoms with Gasteiger partial charge in [-0.3, -0.25) is 0 Å². The first kappa shape index (κ1) is 21.4. The van der Waals surface area contributed by atoms with Crippen molar-refractivity contribution < 1.29 is 5.11 Å². The number of thiazole rings is 1. The van der Waals surface area contributed by atoms with Gasteiger partial charge >= 0.3 is 0 Å². The van der Waals surface area contributed by atoms with E-state index in [9.17, 15) is 5.11 Å². The van der Waals surface area contributed by atoms with Crippen LogP contribution in [0.1, 0.15) is 69.8 Å². The van der Waals surface area contributed by atoms with Gasteiger partial charge in [-0.25, -0.2) is 4.98 Å². The molecule has 0 saturated carbocycles. The maximum atomic E-state index is 11.3. The van der Waals surface area contributed by atoms with Crippen LogP contribution >= 0.6 is 11.3 Å². The second kappa shape index (κ2) is 8.19. The molecule has 1 heterocycles. The molecule has 3 nitrogen and oxygen atoms in total. The van der Waals surface area contributed by atoms with E-state index in [0.29, 0.717) is 5.75 Å². The lowest BCUT2D eigenvalue weighted by Gasteiger charge is -2.30. The molecule has 0 bridgehead atoms. The van der Waals surface area contributed by atoms with Crippen molar-refractivity contribution in [2.45, 2.75) is 64.8 Å². The fourth-order valence-electron chi connectivity index (χ4n) is 3.46. The number of nitrogens with one attached hydrogen (secondary N) is 1. The Morgan fingerprint density at radius 2 is 1.69 bits per heavy atom. The van der Waals surface area contributed by atoms with Gasteiger partial charge in [-0.15, -0.1) is 11.3 Å². The molecule has 1 aromatic heterocycles. The average molecular weight is 409 g/mol. The lowest BCUT2D eigenvalue weighted by atomic mass is 9.77. The Kier molecular flexibility index (Phi) is 6.04. The Morgan fingerprint density at radius 1 is 1.00 bits per heavy atom. The van der Waals surface area contributed by atoms with E-state index in [2.05, 4.69) is 88.2 Å². The average Bonchev–Trinajstić information content (AvgIpc) is 3.13. The summed E-state index contributed by atoms with van der Waals surface area (Å²) >= 11 is 1.58. The largest absolute Gasteiger partial charge is 0.507 e. The summed E-state index contributed by atoms with van der Waals surface area (Å²) in [4.78, 5) is 4.42.